The summed E-state index contributed by atoms with van der Waals surface area (Å²) < 4.78 is 26.3. The van der Waals surface area contributed by atoms with E-state index in [1.54, 1.807) is 0 Å². The lowest BCUT2D eigenvalue weighted by Crippen LogP contribution is -2.26. The summed E-state index contributed by atoms with van der Waals surface area (Å²) in [6, 6.07) is 3.73. The quantitative estimate of drug-likeness (QED) is 0.813. The molecule has 0 aromatic heterocycles. The molecule has 1 saturated heterocycles. The molecular weight excluding hydrogens is 234 g/mol. The molecule has 0 spiro atoms. The van der Waals surface area contributed by atoms with Gasteiger partial charge in [-0.05, 0) is 44.0 Å². The second-order valence-corrected chi connectivity index (χ2v) is 4.93. The van der Waals surface area contributed by atoms with E-state index in [4.69, 9.17) is 0 Å². The Labute approximate surface area is 107 Å². The molecule has 1 aromatic rings. The van der Waals surface area contributed by atoms with E-state index in [0.717, 1.165) is 45.1 Å². The molecule has 2 nitrogen and oxygen atoms in total. The molecule has 2 rings (SSSR count). The van der Waals surface area contributed by atoms with Crippen LogP contribution in [-0.4, -0.2) is 26.2 Å². The molecule has 1 atom stereocenters. The van der Waals surface area contributed by atoms with Crippen molar-refractivity contribution in [3.8, 4) is 0 Å². The molecule has 100 valence electrons. The van der Waals surface area contributed by atoms with Crippen molar-refractivity contribution < 1.29 is 8.78 Å². The fourth-order valence-electron chi connectivity index (χ4n) is 2.44. The van der Waals surface area contributed by atoms with Gasteiger partial charge in [0.05, 0.1) is 0 Å². The Balaban J connectivity index is 1.91. The lowest BCUT2D eigenvalue weighted by Gasteiger charge is -2.19. The van der Waals surface area contributed by atoms with Crippen LogP contribution < -0.4 is 10.2 Å². The first-order valence-electron chi connectivity index (χ1n) is 6.61. The molecule has 1 fully saturated rings. The monoisotopic (exact) mass is 254 g/mol. The van der Waals surface area contributed by atoms with Crippen molar-refractivity contribution in [3.05, 3.63) is 29.8 Å². The second kappa shape index (κ2) is 6.14. The van der Waals surface area contributed by atoms with Gasteiger partial charge < -0.3 is 10.2 Å². The summed E-state index contributed by atoms with van der Waals surface area (Å²) in [5.74, 6) is -0.432. The minimum Gasteiger partial charge on any atom is -0.371 e. The Morgan fingerprint density at radius 1 is 1.28 bits per heavy atom. The van der Waals surface area contributed by atoms with Gasteiger partial charge in [-0.3, -0.25) is 0 Å². The summed E-state index contributed by atoms with van der Waals surface area (Å²) in [5, 5.41) is 3.40. The minimum atomic E-state index is -0.502. The largest absolute Gasteiger partial charge is 0.371 e. The normalized spacial score (nSPS) is 19.5. The van der Waals surface area contributed by atoms with E-state index < -0.39 is 11.6 Å². The van der Waals surface area contributed by atoms with Crippen molar-refractivity contribution in [2.75, 3.05) is 31.1 Å². The third-order valence-corrected chi connectivity index (χ3v) is 3.36. The van der Waals surface area contributed by atoms with Crippen molar-refractivity contribution in [2.24, 2.45) is 5.92 Å². The molecule has 4 heteroatoms. The first kappa shape index (κ1) is 13.3. The molecule has 0 bridgehead atoms. The number of benzene rings is 1. The predicted octanol–water partition coefficient (Wildman–Crippen LogP) is 2.79. The number of nitrogens with zero attached hydrogens (tertiary/aromatic N) is 1. The maximum atomic E-state index is 13.1. The summed E-state index contributed by atoms with van der Waals surface area (Å²) in [6.45, 7) is 5.91. The van der Waals surface area contributed by atoms with E-state index in [1.807, 2.05) is 0 Å². The van der Waals surface area contributed by atoms with Crippen LogP contribution in [0.2, 0.25) is 0 Å². The molecule has 0 aliphatic carbocycles. The summed E-state index contributed by atoms with van der Waals surface area (Å²) in [6.07, 6.45) is 2.21. The number of halogens is 2. The van der Waals surface area contributed by atoms with Crippen LogP contribution in [0.5, 0.6) is 0 Å². The van der Waals surface area contributed by atoms with Crippen LogP contribution in [0.1, 0.15) is 19.8 Å². The maximum absolute atomic E-state index is 13.1. The van der Waals surface area contributed by atoms with Gasteiger partial charge in [0.15, 0.2) is 0 Å². The van der Waals surface area contributed by atoms with Gasteiger partial charge in [0.25, 0.3) is 0 Å². The zero-order valence-electron chi connectivity index (χ0n) is 10.8. The maximum Gasteiger partial charge on any atom is 0.128 e. The fourth-order valence-corrected chi connectivity index (χ4v) is 2.44. The molecule has 1 heterocycles. The highest BCUT2D eigenvalue weighted by Crippen LogP contribution is 2.25. The topological polar surface area (TPSA) is 15.3 Å². The van der Waals surface area contributed by atoms with Crippen LogP contribution in [0.3, 0.4) is 0 Å². The second-order valence-electron chi connectivity index (χ2n) is 4.93. The van der Waals surface area contributed by atoms with Crippen molar-refractivity contribution in [3.63, 3.8) is 0 Å². The smallest absolute Gasteiger partial charge is 0.128 e. The van der Waals surface area contributed by atoms with E-state index in [0.29, 0.717) is 11.6 Å². The standard InChI is InChI=1S/C14H20F2N2/c1-2-4-17-9-11-3-5-18(10-11)14-7-12(15)6-13(16)8-14/h6-8,11,17H,2-5,9-10H2,1H3. The van der Waals surface area contributed by atoms with Gasteiger partial charge in [-0.15, -0.1) is 0 Å². The highest BCUT2D eigenvalue weighted by Gasteiger charge is 2.22. The SMILES string of the molecule is CCCNCC1CCN(c2cc(F)cc(F)c2)C1. The minimum absolute atomic E-state index is 0.502. The molecule has 1 unspecified atom stereocenters. The van der Waals surface area contributed by atoms with Crippen LogP contribution >= 0.6 is 0 Å². The van der Waals surface area contributed by atoms with Crippen molar-refractivity contribution in [2.45, 2.75) is 19.8 Å². The van der Waals surface area contributed by atoms with E-state index in [-0.39, 0.29) is 0 Å². The number of nitrogens with one attached hydrogen (secondary N) is 1. The number of rotatable bonds is 5. The van der Waals surface area contributed by atoms with E-state index >= 15 is 0 Å². The van der Waals surface area contributed by atoms with Crippen molar-refractivity contribution >= 4 is 5.69 Å². The van der Waals surface area contributed by atoms with Crippen LogP contribution in [0.4, 0.5) is 14.5 Å². The number of anilines is 1. The Bertz CT molecular complexity index is 375. The zero-order valence-corrected chi connectivity index (χ0v) is 10.8. The number of hydrogen-bond donors (Lipinski definition) is 1. The Morgan fingerprint density at radius 3 is 2.67 bits per heavy atom. The lowest BCUT2D eigenvalue weighted by molar-refractivity contribution is 0.516. The van der Waals surface area contributed by atoms with Crippen LogP contribution in [0, 0.1) is 17.6 Å². The molecular formula is C14H20F2N2. The average molecular weight is 254 g/mol. The fraction of sp³-hybridized carbons (Fsp3) is 0.571. The number of hydrogen-bond acceptors (Lipinski definition) is 2. The summed E-state index contributed by atoms with van der Waals surface area (Å²) in [4.78, 5) is 2.06. The molecule has 0 radical (unpaired) electrons. The van der Waals surface area contributed by atoms with Gasteiger partial charge in [-0.25, -0.2) is 8.78 Å². The Hall–Kier alpha value is -1.16. The van der Waals surface area contributed by atoms with Gasteiger partial charge in [0.1, 0.15) is 11.6 Å². The van der Waals surface area contributed by atoms with E-state index in [9.17, 15) is 8.78 Å². The van der Waals surface area contributed by atoms with E-state index in [1.165, 1.54) is 12.1 Å². The van der Waals surface area contributed by atoms with Gasteiger partial charge in [-0.1, -0.05) is 6.92 Å². The summed E-state index contributed by atoms with van der Waals surface area (Å²) in [7, 11) is 0. The highest BCUT2D eigenvalue weighted by atomic mass is 19.1. The highest BCUT2D eigenvalue weighted by molar-refractivity contribution is 5.47. The van der Waals surface area contributed by atoms with Gasteiger partial charge in [0, 0.05) is 24.8 Å². The van der Waals surface area contributed by atoms with Gasteiger partial charge in [-0.2, -0.15) is 0 Å². The summed E-state index contributed by atoms with van der Waals surface area (Å²) >= 11 is 0. The third kappa shape index (κ3) is 3.42. The zero-order chi connectivity index (χ0) is 13.0. The van der Waals surface area contributed by atoms with Crippen molar-refractivity contribution in [1.82, 2.24) is 5.32 Å². The van der Waals surface area contributed by atoms with Crippen molar-refractivity contribution in [1.29, 1.82) is 0 Å². The molecule has 1 N–H and O–H groups in total. The van der Waals surface area contributed by atoms with Crippen LogP contribution in [0.15, 0.2) is 18.2 Å². The molecule has 1 aromatic carbocycles. The van der Waals surface area contributed by atoms with Gasteiger partial charge >= 0.3 is 0 Å². The molecule has 0 saturated carbocycles. The van der Waals surface area contributed by atoms with E-state index in [2.05, 4.69) is 17.1 Å². The first-order valence-corrected chi connectivity index (χ1v) is 6.61. The Morgan fingerprint density at radius 2 is 2.00 bits per heavy atom. The summed E-state index contributed by atoms with van der Waals surface area (Å²) in [5.41, 5.74) is 0.658. The Kier molecular flexibility index (Phi) is 4.53. The predicted molar refractivity (Wildman–Crippen MR) is 69.8 cm³/mol. The lowest BCUT2D eigenvalue weighted by atomic mass is 10.1. The molecule has 0 amide bonds. The van der Waals surface area contributed by atoms with Crippen LogP contribution in [-0.2, 0) is 0 Å². The average Bonchev–Trinajstić information content (AvgIpc) is 2.77. The first-order chi connectivity index (χ1) is 8.69. The molecule has 1 aliphatic rings. The molecule has 18 heavy (non-hydrogen) atoms. The molecule has 1 aliphatic heterocycles. The van der Waals surface area contributed by atoms with Crippen LogP contribution in [0.25, 0.3) is 0 Å². The third-order valence-electron chi connectivity index (χ3n) is 3.36. The van der Waals surface area contributed by atoms with Gasteiger partial charge in [0.2, 0.25) is 0 Å².